The number of ketones is 1. The minimum absolute atomic E-state index is 0.0204. The van der Waals surface area contributed by atoms with Gasteiger partial charge in [-0.1, -0.05) is 42.5 Å². The summed E-state index contributed by atoms with van der Waals surface area (Å²) in [6, 6.07) is 15.8. The van der Waals surface area contributed by atoms with Crippen molar-refractivity contribution in [2.45, 2.75) is 38.5 Å². The minimum Gasteiger partial charge on any atom is -0.465 e. The molecule has 0 aromatic heterocycles. The van der Waals surface area contributed by atoms with E-state index in [1.54, 1.807) is 19.1 Å². The van der Waals surface area contributed by atoms with E-state index < -0.39 is 22.7 Å². The number of nitrogens with zero attached hydrogens (tertiary/aromatic N) is 2. The lowest BCUT2D eigenvalue weighted by molar-refractivity contribution is -0.384. The fraction of sp³-hybridized carbons (Fsp3) is 0.320. The van der Waals surface area contributed by atoms with Crippen LogP contribution in [0, 0.1) is 16.0 Å². The van der Waals surface area contributed by atoms with Crippen molar-refractivity contribution in [3.8, 4) is 0 Å². The van der Waals surface area contributed by atoms with Crippen LogP contribution in [0.3, 0.4) is 0 Å². The van der Waals surface area contributed by atoms with Gasteiger partial charge in [-0.2, -0.15) is 0 Å². The minimum atomic E-state index is -0.743. The van der Waals surface area contributed by atoms with E-state index in [0.717, 1.165) is 17.7 Å². The monoisotopic (exact) mass is 432 g/mol. The maximum Gasteiger partial charge on any atom is 0.315 e. The normalized spacial score (nSPS) is 20.4. The van der Waals surface area contributed by atoms with Crippen molar-refractivity contribution < 1.29 is 19.2 Å². The van der Waals surface area contributed by atoms with E-state index in [9.17, 15) is 19.7 Å². The lowest BCUT2D eigenvalue weighted by Gasteiger charge is -2.34. The summed E-state index contributed by atoms with van der Waals surface area (Å²) in [6.45, 7) is 2.00. The van der Waals surface area contributed by atoms with Gasteiger partial charge in [0.25, 0.3) is 5.69 Å². The zero-order valence-electron chi connectivity index (χ0n) is 17.8. The number of non-ortho nitro benzene ring substituents is 1. The molecule has 0 amide bonds. The van der Waals surface area contributed by atoms with Gasteiger partial charge in [-0.3, -0.25) is 24.7 Å². The van der Waals surface area contributed by atoms with Crippen molar-refractivity contribution in [2.75, 3.05) is 6.61 Å². The molecule has 0 bridgehead atoms. The first-order chi connectivity index (χ1) is 15.5. The third-order valence-electron chi connectivity index (χ3n) is 6.03. The van der Waals surface area contributed by atoms with Gasteiger partial charge in [-0.15, -0.1) is 0 Å². The van der Waals surface area contributed by atoms with Crippen molar-refractivity contribution in [3.63, 3.8) is 0 Å². The van der Waals surface area contributed by atoms with E-state index in [-0.39, 0.29) is 18.1 Å². The molecule has 1 heterocycles. The Bertz CT molecular complexity index is 1100. The number of nitro benzene ring substituents is 1. The molecule has 0 radical (unpaired) electrons. The third-order valence-corrected chi connectivity index (χ3v) is 6.03. The average Bonchev–Trinajstić information content (AvgIpc) is 2.79. The summed E-state index contributed by atoms with van der Waals surface area (Å²) in [5, 5.41) is 11.1. The summed E-state index contributed by atoms with van der Waals surface area (Å²) < 4.78 is 5.62. The molecule has 2 atom stereocenters. The molecular formula is C25H24N2O5. The number of nitro groups is 1. The number of rotatable bonds is 6. The van der Waals surface area contributed by atoms with Crippen LogP contribution >= 0.6 is 0 Å². The second-order valence-corrected chi connectivity index (χ2v) is 8.10. The molecule has 0 N–H and O–H groups in total. The number of hydrogen-bond acceptors (Lipinski definition) is 6. The fourth-order valence-electron chi connectivity index (χ4n) is 4.48. The van der Waals surface area contributed by atoms with Crippen molar-refractivity contribution in [1.29, 1.82) is 0 Å². The van der Waals surface area contributed by atoms with Gasteiger partial charge in [0, 0.05) is 47.9 Å². The Morgan fingerprint density at radius 2 is 1.84 bits per heavy atom. The van der Waals surface area contributed by atoms with Gasteiger partial charge in [-0.25, -0.2) is 0 Å². The van der Waals surface area contributed by atoms with Crippen LogP contribution in [0.4, 0.5) is 5.69 Å². The Hall–Kier alpha value is -3.61. The highest BCUT2D eigenvalue weighted by Crippen LogP contribution is 2.43. The number of benzene rings is 2. The summed E-state index contributed by atoms with van der Waals surface area (Å²) in [5.41, 5.74) is 3.56. The molecule has 1 aliphatic heterocycles. The highest BCUT2D eigenvalue weighted by Gasteiger charge is 2.43. The summed E-state index contributed by atoms with van der Waals surface area (Å²) in [4.78, 5) is 41.3. The third kappa shape index (κ3) is 4.37. The maximum atomic E-state index is 13.2. The van der Waals surface area contributed by atoms with E-state index in [1.807, 2.05) is 30.3 Å². The number of Topliss-reactive ketones (excluding diaryl/α,β-unsaturated/α-hetero) is 1. The van der Waals surface area contributed by atoms with E-state index in [0.29, 0.717) is 36.1 Å². The molecule has 0 saturated carbocycles. The van der Waals surface area contributed by atoms with E-state index in [4.69, 9.17) is 4.74 Å². The van der Waals surface area contributed by atoms with Gasteiger partial charge >= 0.3 is 5.97 Å². The molecule has 2 aromatic rings. The van der Waals surface area contributed by atoms with E-state index in [2.05, 4.69) is 4.99 Å². The zero-order valence-corrected chi connectivity index (χ0v) is 17.8. The van der Waals surface area contributed by atoms with E-state index in [1.165, 1.54) is 12.1 Å². The second kappa shape index (κ2) is 9.26. The molecule has 7 heteroatoms. The highest BCUT2D eigenvalue weighted by molar-refractivity contribution is 6.08. The molecule has 2 aromatic carbocycles. The average molecular weight is 432 g/mol. The van der Waals surface area contributed by atoms with Crippen LogP contribution < -0.4 is 0 Å². The van der Waals surface area contributed by atoms with Gasteiger partial charge in [0.15, 0.2) is 5.78 Å². The van der Waals surface area contributed by atoms with Crippen LogP contribution in [-0.2, 0) is 20.7 Å². The topological polar surface area (TPSA) is 98.9 Å². The summed E-state index contributed by atoms with van der Waals surface area (Å²) in [7, 11) is 0. The predicted octanol–water partition coefficient (Wildman–Crippen LogP) is 4.56. The molecule has 2 aliphatic rings. The fourth-order valence-corrected chi connectivity index (χ4v) is 4.48. The van der Waals surface area contributed by atoms with Gasteiger partial charge < -0.3 is 4.74 Å². The van der Waals surface area contributed by atoms with Crippen LogP contribution in [0.2, 0.25) is 0 Å². The van der Waals surface area contributed by atoms with Crippen LogP contribution in [0.25, 0.3) is 0 Å². The van der Waals surface area contributed by atoms with Crippen LogP contribution in [0.1, 0.15) is 43.2 Å². The molecule has 32 heavy (non-hydrogen) atoms. The number of hydrogen-bond donors (Lipinski definition) is 0. The zero-order chi connectivity index (χ0) is 22.7. The van der Waals surface area contributed by atoms with Crippen LogP contribution in [-0.4, -0.2) is 29.0 Å². The first-order valence-corrected chi connectivity index (χ1v) is 10.7. The number of allylic oxidation sites excluding steroid dienone is 2. The molecule has 1 aliphatic carbocycles. The molecule has 164 valence electrons. The molecular weight excluding hydrogens is 408 g/mol. The van der Waals surface area contributed by atoms with Gasteiger partial charge in [0.1, 0.15) is 5.92 Å². The lowest BCUT2D eigenvalue weighted by atomic mass is 9.72. The highest BCUT2D eigenvalue weighted by atomic mass is 16.6. The Labute approximate surface area is 186 Å². The molecule has 1 unspecified atom stereocenters. The maximum absolute atomic E-state index is 13.2. The number of esters is 1. The SMILES string of the molecule is CC1=NC2=C(C(=O)CCC2)[C@@H](c2ccc([N+](=O)[O-])cc2)C1C(=O)OCCc1ccccc1. The Morgan fingerprint density at radius 1 is 1.12 bits per heavy atom. The summed E-state index contributed by atoms with van der Waals surface area (Å²) in [5.74, 6) is -1.75. The first-order valence-electron chi connectivity index (χ1n) is 10.7. The standard InChI is InChI=1S/C25H24N2O5/c1-16-22(25(29)32-15-14-17-6-3-2-4-7-17)23(18-10-12-19(13-11-18)27(30)31)24-20(26-16)8-5-9-21(24)28/h2-4,6-7,10-13,22-23H,5,8-9,14-15H2,1H3/t22?,23-/m0/s1. The second-order valence-electron chi connectivity index (χ2n) is 8.10. The largest absolute Gasteiger partial charge is 0.465 e. The number of carbonyl (C=O) groups excluding carboxylic acids is 2. The van der Waals surface area contributed by atoms with Crippen molar-refractivity contribution in [3.05, 3.63) is 87.1 Å². The van der Waals surface area contributed by atoms with Crippen molar-refractivity contribution in [2.24, 2.45) is 10.9 Å². The lowest BCUT2D eigenvalue weighted by Crippen LogP contribution is -2.37. The summed E-state index contributed by atoms with van der Waals surface area (Å²) >= 11 is 0. The Morgan fingerprint density at radius 3 is 2.53 bits per heavy atom. The van der Waals surface area contributed by atoms with Crippen LogP contribution in [0.5, 0.6) is 0 Å². The quantitative estimate of drug-likeness (QED) is 0.378. The molecule has 0 saturated heterocycles. The molecule has 7 nitrogen and oxygen atoms in total. The van der Waals surface area contributed by atoms with Crippen molar-refractivity contribution >= 4 is 23.2 Å². The summed E-state index contributed by atoms with van der Waals surface area (Å²) in [6.07, 6.45) is 2.41. The van der Waals surface area contributed by atoms with Gasteiger partial charge in [-0.05, 0) is 30.9 Å². The van der Waals surface area contributed by atoms with Gasteiger partial charge in [0.05, 0.1) is 11.5 Å². The number of aliphatic imine (C=N–C) groups is 1. The smallest absolute Gasteiger partial charge is 0.315 e. The number of ether oxygens (including phenoxy) is 1. The Balaban J connectivity index is 1.63. The van der Waals surface area contributed by atoms with E-state index >= 15 is 0 Å². The molecule has 0 spiro atoms. The molecule has 4 rings (SSSR count). The first kappa shape index (κ1) is 21.6. The number of carbonyl (C=O) groups is 2. The predicted molar refractivity (Wildman–Crippen MR) is 119 cm³/mol. The van der Waals surface area contributed by atoms with Gasteiger partial charge in [0.2, 0.25) is 0 Å². The molecule has 0 fully saturated rings. The Kier molecular flexibility index (Phi) is 6.25. The van der Waals surface area contributed by atoms with Crippen molar-refractivity contribution in [1.82, 2.24) is 0 Å². The van der Waals surface area contributed by atoms with Crippen LogP contribution in [0.15, 0.2) is 70.9 Å².